The van der Waals surface area contributed by atoms with Gasteiger partial charge >= 0.3 is 0 Å². The van der Waals surface area contributed by atoms with Gasteiger partial charge in [-0.1, -0.05) is 62.4 Å². The number of carbonyl (C=O) groups is 1. The van der Waals surface area contributed by atoms with Gasteiger partial charge in [-0.3, -0.25) is 14.7 Å². The fourth-order valence-electron chi connectivity index (χ4n) is 5.36. The molecule has 3 aromatic carbocycles. The van der Waals surface area contributed by atoms with Crippen molar-refractivity contribution in [2.45, 2.75) is 32.6 Å². The van der Waals surface area contributed by atoms with Crippen LogP contribution in [0.15, 0.2) is 101 Å². The maximum Gasteiger partial charge on any atom is 0.277 e. The summed E-state index contributed by atoms with van der Waals surface area (Å²) in [5.41, 5.74) is 3.35. The minimum absolute atomic E-state index is 0.0747. The van der Waals surface area contributed by atoms with Gasteiger partial charge in [0, 0.05) is 23.6 Å². The zero-order valence-electron chi connectivity index (χ0n) is 20.2. The third-order valence-electron chi connectivity index (χ3n) is 6.88. The van der Waals surface area contributed by atoms with Crippen LogP contribution in [0.25, 0.3) is 5.69 Å². The molecule has 0 saturated heterocycles. The molecule has 0 spiro atoms. The molecule has 1 aliphatic carbocycles. The number of Topliss-reactive ketones (excluding diaryl/α,β-unsaturated/α-hetero) is 1. The SMILES string of the molecule is CC1(C)CC(=O)C2=C(C1)Nc1[nH]n(-c3ccccc3)c(=O)c1C2c1cccc(Oc2ccccc2)c1. The van der Waals surface area contributed by atoms with E-state index in [1.165, 1.54) is 0 Å². The van der Waals surface area contributed by atoms with Crippen LogP contribution >= 0.6 is 0 Å². The molecule has 4 aromatic rings. The van der Waals surface area contributed by atoms with E-state index in [0.717, 1.165) is 29.1 Å². The molecule has 1 unspecified atom stereocenters. The summed E-state index contributed by atoms with van der Waals surface area (Å²) in [7, 11) is 0. The molecular formula is C30H27N3O3. The number of ether oxygens (including phenoxy) is 1. The van der Waals surface area contributed by atoms with Crippen LogP contribution in [0.1, 0.15) is 43.7 Å². The van der Waals surface area contributed by atoms with E-state index in [1.54, 1.807) is 4.68 Å². The normalized spacial score (nSPS) is 18.3. The standard InChI is InChI=1S/C30H27N3O3/c1-30(2)17-23-26(24(34)18-30)25(19-10-9-15-22(16-19)36-21-13-7-4-8-14-21)27-28(31-23)32-33(29(27)35)20-11-5-3-6-12-20/h3-16,25,31-32H,17-18H2,1-2H3. The van der Waals surface area contributed by atoms with Crippen LogP contribution in [-0.2, 0) is 4.79 Å². The molecule has 2 heterocycles. The first kappa shape index (κ1) is 22.2. The Morgan fingerprint density at radius 1 is 0.861 bits per heavy atom. The van der Waals surface area contributed by atoms with Crippen LogP contribution in [-0.4, -0.2) is 15.6 Å². The van der Waals surface area contributed by atoms with Gasteiger partial charge < -0.3 is 10.1 Å². The van der Waals surface area contributed by atoms with Gasteiger partial charge in [-0.05, 0) is 53.8 Å². The molecule has 180 valence electrons. The Hall–Kier alpha value is -4.32. The number of rotatable bonds is 4. The predicted octanol–water partition coefficient (Wildman–Crippen LogP) is 6.16. The highest BCUT2D eigenvalue weighted by molar-refractivity contribution is 6.01. The monoisotopic (exact) mass is 477 g/mol. The van der Waals surface area contributed by atoms with E-state index in [1.807, 2.05) is 84.9 Å². The number of hydrogen-bond donors (Lipinski definition) is 2. The van der Waals surface area contributed by atoms with Crippen molar-refractivity contribution < 1.29 is 9.53 Å². The summed E-state index contributed by atoms with van der Waals surface area (Å²) in [6, 6.07) is 26.7. The number of fused-ring (bicyclic) bond motifs is 1. The lowest BCUT2D eigenvalue weighted by Crippen LogP contribution is -2.35. The number of benzene rings is 3. The highest BCUT2D eigenvalue weighted by Crippen LogP contribution is 2.48. The highest BCUT2D eigenvalue weighted by Gasteiger charge is 2.43. The Bertz CT molecular complexity index is 1550. The molecule has 0 fully saturated rings. The Balaban J connectivity index is 1.51. The number of para-hydroxylation sites is 2. The summed E-state index contributed by atoms with van der Waals surface area (Å²) in [6.45, 7) is 4.21. The summed E-state index contributed by atoms with van der Waals surface area (Å²) >= 11 is 0. The summed E-state index contributed by atoms with van der Waals surface area (Å²) in [4.78, 5) is 27.4. The number of ketones is 1. The first-order valence-corrected chi connectivity index (χ1v) is 12.2. The lowest BCUT2D eigenvalue weighted by Gasteiger charge is -2.37. The average Bonchev–Trinajstić information content (AvgIpc) is 3.19. The number of aromatic nitrogens is 2. The van der Waals surface area contributed by atoms with Crippen molar-refractivity contribution >= 4 is 11.6 Å². The summed E-state index contributed by atoms with van der Waals surface area (Å²) in [5.74, 6) is 1.60. The number of carbonyl (C=O) groups excluding carboxylic acids is 1. The number of aromatic amines is 1. The average molecular weight is 478 g/mol. The molecule has 2 aliphatic rings. The molecule has 1 aliphatic heterocycles. The van der Waals surface area contributed by atoms with Crippen molar-refractivity contribution in [3.63, 3.8) is 0 Å². The topological polar surface area (TPSA) is 76.1 Å². The zero-order chi connectivity index (χ0) is 24.9. The van der Waals surface area contributed by atoms with E-state index >= 15 is 0 Å². The van der Waals surface area contributed by atoms with Crippen molar-refractivity contribution in [3.05, 3.63) is 118 Å². The Morgan fingerprint density at radius 3 is 2.31 bits per heavy atom. The fourth-order valence-corrected chi connectivity index (χ4v) is 5.36. The summed E-state index contributed by atoms with van der Waals surface area (Å²) in [5, 5.41) is 6.69. The summed E-state index contributed by atoms with van der Waals surface area (Å²) < 4.78 is 7.64. The van der Waals surface area contributed by atoms with Crippen LogP contribution in [0.5, 0.6) is 11.5 Å². The Labute approximate surface area is 209 Å². The fraction of sp³-hybridized carbons (Fsp3) is 0.200. The number of anilines is 1. The van der Waals surface area contributed by atoms with Crippen LogP contribution in [0.4, 0.5) is 5.82 Å². The maximum atomic E-state index is 13.8. The van der Waals surface area contributed by atoms with E-state index in [0.29, 0.717) is 29.1 Å². The van der Waals surface area contributed by atoms with Crippen molar-refractivity contribution in [2.24, 2.45) is 5.41 Å². The molecule has 6 nitrogen and oxygen atoms in total. The molecule has 2 N–H and O–H groups in total. The molecule has 6 rings (SSSR count). The maximum absolute atomic E-state index is 13.8. The van der Waals surface area contributed by atoms with Crippen molar-refractivity contribution in [1.82, 2.24) is 9.78 Å². The first-order valence-electron chi connectivity index (χ1n) is 12.2. The lowest BCUT2D eigenvalue weighted by atomic mass is 9.69. The van der Waals surface area contributed by atoms with Gasteiger partial charge in [0.15, 0.2) is 5.78 Å². The van der Waals surface area contributed by atoms with E-state index in [4.69, 9.17) is 4.74 Å². The molecule has 0 bridgehead atoms. The van der Waals surface area contributed by atoms with Crippen LogP contribution in [0.3, 0.4) is 0 Å². The van der Waals surface area contributed by atoms with Crippen LogP contribution in [0, 0.1) is 5.41 Å². The molecule has 0 amide bonds. The number of nitrogens with zero attached hydrogens (tertiary/aromatic N) is 1. The number of allylic oxidation sites excluding steroid dienone is 2. The minimum Gasteiger partial charge on any atom is -0.457 e. The quantitative estimate of drug-likeness (QED) is 0.369. The van der Waals surface area contributed by atoms with Gasteiger partial charge in [-0.25, -0.2) is 4.68 Å². The van der Waals surface area contributed by atoms with Crippen molar-refractivity contribution in [2.75, 3.05) is 5.32 Å². The molecule has 1 atom stereocenters. The van der Waals surface area contributed by atoms with Gasteiger partial charge in [0.25, 0.3) is 5.56 Å². The van der Waals surface area contributed by atoms with Crippen molar-refractivity contribution in [3.8, 4) is 17.2 Å². The van der Waals surface area contributed by atoms with Gasteiger partial charge in [-0.15, -0.1) is 0 Å². The smallest absolute Gasteiger partial charge is 0.277 e. The zero-order valence-corrected chi connectivity index (χ0v) is 20.2. The van der Waals surface area contributed by atoms with Gasteiger partial charge in [0.2, 0.25) is 0 Å². The molecule has 6 heteroatoms. The highest BCUT2D eigenvalue weighted by atomic mass is 16.5. The Kier molecular flexibility index (Phi) is 5.18. The second kappa shape index (κ2) is 8.41. The third-order valence-corrected chi connectivity index (χ3v) is 6.88. The molecule has 0 radical (unpaired) electrons. The first-order chi connectivity index (χ1) is 17.4. The van der Waals surface area contributed by atoms with Gasteiger partial charge in [-0.2, -0.15) is 0 Å². The summed E-state index contributed by atoms with van der Waals surface area (Å²) in [6.07, 6.45) is 1.17. The number of nitrogens with one attached hydrogen (secondary N) is 2. The van der Waals surface area contributed by atoms with E-state index in [-0.39, 0.29) is 16.8 Å². The van der Waals surface area contributed by atoms with Crippen LogP contribution < -0.4 is 15.6 Å². The Morgan fingerprint density at radius 2 is 1.56 bits per heavy atom. The van der Waals surface area contributed by atoms with E-state index in [9.17, 15) is 9.59 Å². The molecule has 36 heavy (non-hydrogen) atoms. The third kappa shape index (κ3) is 3.85. The second-order valence-electron chi connectivity index (χ2n) is 10.3. The number of hydrogen-bond acceptors (Lipinski definition) is 4. The van der Waals surface area contributed by atoms with E-state index < -0.39 is 5.92 Å². The van der Waals surface area contributed by atoms with Crippen LogP contribution in [0.2, 0.25) is 0 Å². The van der Waals surface area contributed by atoms with Crippen molar-refractivity contribution in [1.29, 1.82) is 0 Å². The number of H-pyrrole nitrogens is 1. The molecule has 0 saturated carbocycles. The minimum atomic E-state index is -0.493. The van der Waals surface area contributed by atoms with Gasteiger partial charge in [0.1, 0.15) is 17.3 Å². The largest absolute Gasteiger partial charge is 0.457 e. The molecule has 1 aromatic heterocycles. The lowest BCUT2D eigenvalue weighted by molar-refractivity contribution is -0.118. The second-order valence-corrected chi connectivity index (χ2v) is 10.3. The molecular weight excluding hydrogens is 450 g/mol. The van der Waals surface area contributed by atoms with Gasteiger partial charge in [0.05, 0.1) is 11.3 Å². The van der Waals surface area contributed by atoms with E-state index in [2.05, 4.69) is 24.3 Å². The predicted molar refractivity (Wildman–Crippen MR) is 140 cm³/mol.